The lowest BCUT2D eigenvalue weighted by Crippen LogP contribution is -2.37. The van der Waals surface area contributed by atoms with E-state index in [1.54, 1.807) is 19.9 Å². The maximum atomic E-state index is 13.2. The highest BCUT2D eigenvalue weighted by atomic mass is 19.1. The number of hydrogen-bond acceptors (Lipinski definition) is 4. The minimum Gasteiger partial charge on any atom is -0.323 e. The maximum Gasteiger partial charge on any atom is 0.282 e. The van der Waals surface area contributed by atoms with Gasteiger partial charge in [0.05, 0.1) is 11.0 Å². The second kappa shape index (κ2) is 5.91. The van der Waals surface area contributed by atoms with Gasteiger partial charge in [-0.25, -0.2) is 4.39 Å². The molecule has 0 spiro atoms. The standard InChI is InChI=1S/C12H12FN3O3/c1-8(2)15(6-5-14)12(17)10-7-9(13)3-4-11(10)16(18)19/h3-4,7-8H,6H2,1-2H3. The van der Waals surface area contributed by atoms with Gasteiger partial charge in [-0.15, -0.1) is 0 Å². The summed E-state index contributed by atoms with van der Waals surface area (Å²) in [6.07, 6.45) is 0. The predicted octanol–water partition coefficient (Wildman–Crippen LogP) is 2.11. The van der Waals surface area contributed by atoms with Gasteiger partial charge < -0.3 is 4.90 Å². The van der Waals surface area contributed by atoms with Crippen molar-refractivity contribution < 1.29 is 14.1 Å². The summed E-state index contributed by atoms with van der Waals surface area (Å²) in [5.41, 5.74) is -0.830. The van der Waals surface area contributed by atoms with Crippen LogP contribution in [0.2, 0.25) is 0 Å². The lowest BCUT2D eigenvalue weighted by Gasteiger charge is -2.23. The molecule has 1 aromatic rings. The zero-order valence-electron chi connectivity index (χ0n) is 10.5. The second-order valence-electron chi connectivity index (χ2n) is 4.10. The summed E-state index contributed by atoms with van der Waals surface area (Å²) in [7, 11) is 0. The molecule has 0 radical (unpaired) electrons. The highest BCUT2D eigenvalue weighted by Crippen LogP contribution is 2.22. The Labute approximate surface area is 109 Å². The van der Waals surface area contributed by atoms with Crippen LogP contribution in [0.3, 0.4) is 0 Å². The number of amides is 1. The van der Waals surface area contributed by atoms with E-state index < -0.39 is 22.3 Å². The number of nitrogens with zero attached hydrogens (tertiary/aromatic N) is 3. The lowest BCUT2D eigenvalue weighted by atomic mass is 10.1. The second-order valence-corrected chi connectivity index (χ2v) is 4.10. The van der Waals surface area contributed by atoms with Crippen LogP contribution in [0.25, 0.3) is 0 Å². The van der Waals surface area contributed by atoms with E-state index in [2.05, 4.69) is 0 Å². The Bertz CT molecular complexity index is 552. The van der Waals surface area contributed by atoms with Crippen LogP contribution in [0.5, 0.6) is 0 Å². The summed E-state index contributed by atoms with van der Waals surface area (Å²) < 4.78 is 13.2. The van der Waals surface area contributed by atoms with Gasteiger partial charge in [0.15, 0.2) is 0 Å². The molecular formula is C12H12FN3O3. The summed E-state index contributed by atoms with van der Waals surface area (Å²) in [5.74, 6) is -1.47. The van der Waals surface area contributed by atoms with Crippen molar-refractivity contribution in [2.45, 2.75) is 19.9 Å². The van der Waals surface area contributed by atoms with Gasteiger partial charge in [-0.05, 0) is 26.0 Å². The fourth-order valence-electron chi connectivity index (χ4n) is 1.56. The topological polar surface area (TPSA) is 87.2 Å². The van der Waals surface area contributed by atoms with Crippen molar-refractivity contribution in [3.05, 3.63) is 39.7 Å². The van der Waals surface area contributed by atoms with Crippen LogP contribution >= 0.6 is 0 Å². The van der Waals surface area contributed by atoms with E-state index in [0.29, 0.717) is 0 Å². The van der Waals surface area contributed by atoms with Crippen LogP contribution in [-0.4, -0.2) is 28.3 Å². The Balaban J connectivity index is 3.28. The molecule has 19 heavy (non-hydrogen) atoms. The average molecular weight is 265 g/mol. The van der Waals surface area contributed by atoms with Crippen LogP contribution in [0, 0.1) is 27.3 Å². The molecule has 0 saturated heterocycles. The number of carbonyl (C=O) groups excluding carboxylic acids is 1. The first-order valence-electron chi connectivity index (χ1n) is 5.50. The van der Waals surface area contributed by atoms with Gasteiger partial charge in [-0.2, -0.15) is 5.26 Å². The Hall–Kier alpha value is -2.49. The lowest BCUT2D eigenvalue weighted by molar-refractivity contribution is -0.385. The third-order valence-electron chi connectivity index (χ3n) is 2.51. The van der Waals surface area contributed by atoms with E-state index in [0.717, 1.165) is 23.1 Å². The van der Waals surface area contributed by atoms with Gasteiger partial charge in [-0.1, -0.05) is 0 Å². The van der Waals surface area contributed by atoms with Crippen molar-refractivity contribution >= 4 is 11.6 Å². The number of carbonyl (C=O) groups is 1. The summed E-state index contributed by atoms with van der Waals surface area (Å²) in [5, 5.41) is 19.5. The van der Waals surface area contributed by atoms with Crippen LogP contribution in [0.1, 0.15) is 24.2 Å². The highest BCUT2D eigenvalue weighted by molar-refractivity contribution is 5.98. The number of nitro benzene ring substituents is 1. The maximum absolute atomic E-state index is 13.2. The Morgan fingerprint density at radius 3 is 2.68 bits per heavy atom. The van der Waals surface area contributed by atoms with E-state index in [1.807, 2.05) is 0 Å². The number of rotatable bonds is 4. The van der Waals surface area contributed by atoms with Crippen molar-refractivity contribution in [1.29, 1.82) is 5.26 Å². The number of nitriles is 1. The van der Waals surface area contributed by atoms with Crippen LogP contribution in [-0.2, 0) is 0 Å². The first-order valence-corrected chi connectivity index (χ1v) is 5.50. The Morgan fingerprint density at radius 1 is 1.58 bits per heavy atom. The van der Waals surface area contributed by atoms with E-state index in [1.165, 1.54) is 0 Å². The summed E-state index contributed by atoms with van der Waals surface area (Å²) >= 11 is 0. The monoisotopic (exact) mass is 265 g/mol. The largest absolute Gasteiger partial charge is 0.323 e. The van der Waals surface area contributed by atoms with Crippen molar-refractivity contribution in [2.75, 3.05) is 6.54 Å². The van der Waals surface area contributed by atoms with Crippen molar-refractivity contribution in [3.8, 4) is 6.07 Å². The summed E-state index contributed by atoms with van der Waals surface area (Å²) in [6, 6.07) is 4.15. The molecule has 0 atom stereocenters. The van der Waals surface area contributed by atoms with Gasteiger partial charge in [0.25, 0.3) is 11.6 Å². The molecule has 0 aliphatic heterocycles. The molecule has 0 fully saturated rings. The van der Waals surface area contributed by atoms with Gasteiger partial charge in [0.2, 0.25) is 0 Å². The minimum absolute atomic E-state index is 0.218. The molecule has 0 heterocycles. The Morgan fingerprint density at radius 2 is 2.21 bits per heavy atom. The van der Waals surface area contributed by atoms with Crippen LogP contribution in [0.15, 0.2) is 18.2 Å². The molecule has 1 aromatic carbocycles. The van der Waals surface area contributed by atoms with Crippen LogP contribution < -0.4 is 0 Å². The van der Waals surface area contributed by atoms with Crippen molar-refractivity contribution in [3.63, 3.8) is 0 Å². The smallest absolute Gasteiger partial charge is 0.282 e. The molecule has 1 amide bonds. The number of hydrogen-bond donors (Lipinski definition) is 0. The van der Waals surface area contributed by atoms with Crippen molar-refractivity contribution in [2.24, 2.45) is 0 Å². The Kier molecular flexibility index (Phi) is 4.53. The third-order valence-corrected chi connectivity index (χ3v) is 2.51. The summed E-state index contributed by atoms with van der Waals surface area (Å²) in [4.78, 5) is 23.4. The van der Waals surface area contributed by atoms with Gasteiger partial charge >= 0.3 is 0 Å². The molecule has 0 aliphatic rings. The molecule has 0 unspecified atom stereocenters. The van der Waals surface area contributed by atoms with E-state index in [4.69, 9.17) is 5.26 Å². The van der Waals surface area contributed by atoms with Gasteiger partial charge in [0, 0.05) is 12.1 Å². The molecule has 6 nitrogen and oxygen atoms in total. The van der Waals surface area contributed by atoms with E-state index >= 15 is 0 Å². The third kappa shape index (κ3) is 3.25. The quantitative estimate of drug-likeness (QED) is 0.474. The van der Waals surface area contributed by atoms with Gasteiger partial charge in [0.1, 0.15) is 17.9 Å². The average Bonchev–Trinajstić information content (AvgIpc) is 2.34. The summed E-state index contributed by atoms with van der Waals surface area (Å²) in [6.45, 7) is 3.12. The molecule has 0 aromatic heterocycles. The number of benzene rings is 1. The zero-order chi connectivity index (χ0) is 14.6. The molecule has 0 bridgehead atoms. The fraction of sp³-hybridized carbons (Fsp3) is 0.333. The molecule has 100 valence electrons. The van der Waals surface area contributed by atoms with Crippen LogP contribution in [0.4, 0.5) is 10.1 Å². The molecule has 0 aliphatic carbocycles. The molecule has 0 saturated carbocycles. The van der Waals surface area contributed by atoms with E-state index in [-0.39, 0.29) is 18.2 Å². The van der Waals surface area contributed by atoms with Crippen molar-refractivity contribution in [1.82, 2.24) is 4.90 Å². The molecule has 7 heteroatoms. The molecule has 0 N–H and O–H groups in total. The van der Waals surface area contributed by atoms with Gasteiger partial charge in [-0.3, -0.25) is 14.9 Å². The first-order chi connectivity index (χ1) is 8.88. The number of halogens is 1. The SMILES string of the molecule is CC(C)N(CC#N)C(=O)c1cc(F)ccc1[N+](=O)[O-]. The van der Waals surface area contributed by atoms with E-state index in [9.17, 15) is 19.3 Å². The zero-order valence-corrected chi connectivity index (χ0v) is 10.5. The molecular weight excluding hydrogens is 253 g/mol. The normalized spacial score (nSPS) is 10.1. The highest BCUT2D eigenvalue weighted by Gasteiger charge is 2.26. The number of nitro groups is 1. The first kappa shape index (κ1) is 14.6. The minimum atomic E-state index is -0.752. The molecule has 1 rings (SSSR count). The fourth-order valence-corrected chi connectivity index (χ4v) is 1.56. The predicted molar refractivity (Wildman–Crippen MR) is 64.8 cm³/mol.